The lowest BCUT2D eigenvalue weighted by molar-refractivity contribution is -0.0497. The fourth-order valence-corrected chi connectivity index (χ4v) is 2.56. The Bertz CT molecular complexity index is 550. The van der Waals surface area contributed by atoms with E-state index >= 15 is 0 Å². The molecule has 0 amide bonds. The summed E-state index contributed by atoms with van der Waals surface area (Å²) in [5, 5.41) is 0.979. The number of halogens is 2. The molecule has 0 fully saturated rings. The summed E-state index contributed by atoms with van der Waals surface area (Å²) >= 11 is 0. The van der Waals surface area contributed by atoms with Gasteiger partial charge in [-0.15, -0.1) is 0 Å². The van der Waals surface area contributed by atoms with Crippen molar-refractivity contribution in [1.82, 2.24) is 4.98 Å². The summed E-state index contributed by atoms with van der Waals surface area (Å²) in [5.74, 6) is 0.631. The third-order valence-corrected chi connectivity index (χ3v) is 3.68. The molecule has 0 bridgehead atoms. The zero-order valence-corrected chi connectivity index (χ0v) is 12.0. The van der Waals surface area contributed by atoms with Crippen LogP contribution in [0, 0.1) is 0 Å². The van der Waals surface area contributed by atoms with Gasteiger partial charge in [-0.05, 0) is 36.1 Å². The molecule has 1 atom stereocenters. The van der Waals surface area contributed by atoms with Crippen LogP contribution in [0.2, 0.25) is 0 Å². The lowest BCUT2D eigenvalue weighted by atomic mass is 9.94. The molecule has 2 aromatic rings. The van der Waals surface area contributed by atoms with E-state index in [9.17, 15) is 8.78 Å². The Kier molecular flexibility index (Phi) is 4.99. The molecule has 20 heavy (non-hydrogen) atoms. The second kappa shape index (κ2) is 6.73. The van der Waals surface area contributed by atoms with E-state index < -0.39 is 6.61 Å². The normalized spacial score (nSPS) is 13.1. The van der Waals surface area contributed by atoms with Crippen LogP contribution in [0.1, 0.15) is 51.0 Å². The highest BCUT2D eigenvalue weighted by molar-refractivity contribution is 5.85. The number of aromatic amines is 1. The van der Waals surface area contributed by atoms with Crippen molar-refractivity contribution in [1.29, 1.82) is 0 Å². The Hall–Kier alpha value is -1.58. The molecule has 1 aromatic heterocycles. The fraction of sp³-hybridized carbons (Fsp3) is 0.500. The van der Waals surface area contributed by atoms with E-state index in [1.54, 1.807) is 18.2 Å². The van der Waals surface area contributed by atoms with Gasteiger partial charge in [-0.25, -0.2) is 0 Å². The standard InChI is InChI=1S/C16H21F2NO/c1-3-4-5-6-11(2)14-10-19-15-8-7-12(9-13(14)15)20-16(17)18/h7-11,16,19H,3-6H2,1-2H3. The summed E-state index contributed by atoms with van der Waals surface area (Å²) in [6.07, 6.45) is 6.71. The molecule has 0 saturated heterocycles. The van der Waals surface area contributed by atoms with Gasteiger partial charge in [0.1, 0.15) is 5.75 Å². The average Bonchev–Trinajstić information content (AvgIpc) is 2.81. The molecule has 0 aliphatic heterocycles. The van der Waals surface area contributed by atoms with Gasteiger partial charge in [0.15, 0.2) is 0 Å². The number of nitrogens with one attached hydrogen (secondary N) is 1. The largest absolute Gasteiger partial charge is 0.435 e. The van der Waals surface area contributed by atoms with Crippen LogP contribution in [0.15, 0.2) is 24.4 Å². The quantitative estimate of drug-likeness (QED) is 0.670. The van der Waals surface area contributed by atoms with Crippen molar-refractivity contribution in [2.24, 2.45) is 0 Å². The highest BCUT2D eigenvalue weighted by Gasteiger charge is 2.13. The van der Waals surface area contributed by atoms with Crippen LogP contribution in [0.5, 0.6) is 5.75 Å². The van der Waals surface area contributed by atoms with Crippen LogP contribution in [-0.2, 0) is 0 Å². The molecule has 1 unspecified atom stereocenters. The van der Waals surface area contributed by atoms with E-state index in [4.69, 9.17) is 0 Å². The molecule has 0 radical (unpaired) electrons. The first-order valence-electron chi connectivity index (χ1n) is 7.17. The molecule has 110 valence electrons. The minimum atomic E-state index is -2.78. The molecule has 1 aromatic carbocycles. The Morgan fingerprint density at radius 3 is 2.75 bits per heavy atom. The van der Waals surface area contributed by atoms with E-state index in [-0.39, 0.29) is 5.75 Å². The lowest BCUT2D eigenvalue weighted by Gasteiger charge is -2.11. The van der Waals surface area contributed by atoms with Crippen molar-refractivity contribution in [3.8, 4) is 5.75 Å². The van der Waals surface area contributed by atoms with E-state index in [2.05, 4.69) is 23.6 Å². The van der Waals surface area contributed by atoms with Crippen LogP contribution in [-0.4, -0.2) is 11.6 Å². The van der Waals surface area contributed by atoms with E-state index in [0.717, 1.165) is 17.3 Å². The number of H-pyrrole nitrogens is 1. The molecule has 2 nitrogen and oxygen atoms in total. The smallest absolute Gasteiger partial charge is 0.387 e. The predicted molar refractivity (Wildman–Crippen MR) is 77.5 cm³/mol. The number of fused-ring (bicyclic) bond motifs is 1. The van der Waals surface area contributed by atoms with Gasteiger partial charge in [0, 0.05) is 17.1 Å². The maximum atomic E-state index is 12.3. The van der Waals surface area contributed by atoms with Gasteiger partial charge in [-0.1, -0.05) is 33.1 Å². The maximum Gasteiger partial charge on any atom is 0.387 e. The summed E-state index contributed by atoms with van der Waals surface area (Å²) in [6.45, 7) is 1.58. The molecule has 1 N–H and O–H groups in total. The number of alkyl halides is 2. The minimum absolute atomic E-state index is 0.217. The van der Waals surface area contributed by atoms with Gasteiger partial charge < -0.3 is 9.72 Å². The summed E-state index contributed by atoms with van der Waals surface area (Å²) in [6, 6.07) is 5.05. The Balaban J connectivity index is 2.20. The van der Waals surface area contributed by atoms with Crippen molar-refractivity contribution in [3.63, 3.8) is 0 Å². The first kappa shape index (κ1) is 14.8. The fourth-order valence-electron chi connectivity index (χ4n) is 2.56. The van der Waals surface area contributed by atoms with Gasteiger partial charge in [-0.3, -0.25) is 0 Å². The molecule has 0 spiro atoms. The van der Waals surface area contributed by atoms with Crippen molar-refractivity contribution < 1.29 is 13.5 Å². The van der Waals surface area contributed by atoms with Crippen LogP contribution >= 0.6 is 0 Å². The number of benzene rings is 1. The monoisotopic (exact) mass is 281 g/mol. The molecule has 2 rings (SSSR count). The third-order valence-electron chi connectivity index (χ3n) is 3.68. The summed E-state index contributed by atoms with van der Waals surface area (Å²) in [7, 11) is 0. The van der Waals surface area contributed by atoms with E-state index in [1.807, 2.05) is 6.20 Å². The van der Waals surface area contributed by atoms with E-state index in [1.165, 1.54) is 24.8 Å². The van der Waals surface area contributed by atoms with Gasteiger partial charge in [0.2, 0.25) is 0 Å². The second-order valence-electron chi connectivity index (χ2n) is 5.23. The lowest BCUT2D eigenvalue weighted by Crippen LogP contribution is -2.01. The molecule has 1 heterocycles. The van der Waals surface area contributed by atoms with Gasteiger partial charge in [-0.2, -0.15) is 8.78 Å². The highest BCUT2D eigenvalue weighted by atomic mass is 19.3. The minimum Gasteiger partial charge on any atom is -0.435 e. The van der Waals surface area contributed by atoms with Crippen molar-refractivity contribution >= 4 is 10.9 Å². The van der Waals surface area contributed by atoms with Crippen LogP contribution < -0.4 is 4.74 Å². The van der Waals surface area contributed by atoms with Crippen molar-refractivity contribution in [2.75, 3.05) is 0 Å². The van der Waals surface area contributed by atoms with Gasteiger partial charge in [0.05, 0.1) is 0 Å². The highest BCUT2D eigenvalue weighted by Crippen LogP contribution is 2.31. The maximum absolute atomic E-state index is 12.3. The zero-order chi connectivity index (χ0) is 14.5. The number of hydrogen-bond donors (Lipinski definition) is 1. The topological polar surface area (TPSA) is 25.0 Å². The molecule has 0 aliphatic rings. The number of ether oxygens (including phenoxy) is 1. The number of hydrogen-bond acceptors (Lipinski definition) is 1. The predicted octanol–water partition coefficient (Wildman–Crippen LogP) is 5.45. The first-order valence-corrected chi connectivity index (χ1v) is 7.17. The SMILES string of the molecule is CCCCCC(C)c1c[nH]c2ccc(OC(F)F)cc12. The summed E-state index contributed by atoms with van der Waals surface area (Å²) in [4.78, 5) is 3.20. The average molecular weight is 281 g/mol. The van der Waals surface area contributed by atoms with Crippen molar-refractivity contribution in [2.45, 2.75) is 52.1 Å². The molecule has 4 heteroatoms. The second-order valence-corrected chi connectivity index (χ2v) is 5.23. The Morgan fingerprint density at radius 1 is 1.25 bits per heavy atom. The molecular weight excluding hydrogens is 260 g/mol. The number of aromatic nitrogens is 1. The number of rotatable bonds is 7. The van der Waals surface area contributed by atoms with Crippen LogP contribution in [0.3, 0.4) is 0 Å². The summed E-state index contributed by atoms with van der Waals surface area (Å²) < 4.78 is 29.0. The third kappa shape index (κ3) is 3.50. The van der Waals surface area contributed by atoms with E-state index in [0.29, 0.717) is 5.92 Å². The summed E-state index contributed by atoms with van der Waals surface area (Å²) in [5.41, 5.74) is 2.14. The molecular formula is C16H21F2NO. The first-order chi connectivity index (χ1) is 9.61. The Morgan fingerprint density at radius 2 is 2.05 bits per heavy atom. The zero-order valence-electron chi connectivity index (χ0n) is 12.0. The van der Waals surface area contributed by atoms with Gasteiger partial charge in [0.25, 0.3) is 0 Å². The van der Waals surface area contributed by atoms with Crippen molar-refractivity contribution in [3.05, 3.63) is 30.0 Å². The van der Waals surface area contributed by atoms with Crippen LogP contribution in [0.4, 0.5) is 8.78 Å². The number of unbranched alkanes of at least 4 members (excludes halogenated alkanes) is 2. The Labute approximate surface area is 118 Å². The van der Waals surface area contributed by atoms with Crippen LogP contribution in [0.25, 0.3) is 10.9 Å². The molecule has 0 aliphatic carbocycles. The van der Waals surface area contributed by atoms with Gasteiger partial charge >= 0.3 is 6.61 Å². The molecule has 0 saturated carbocycles.